The van der Waals surface area contributed by atoms with Crippen LogP contribution in [0.4, 0.5) is 0 Å². The predicted molar refractivity (Wildman–Crippen MR) is 108 cm³/mol. The summed E-state index contributed by atoms with van der Waals surface area (Å²) in [6.07, 6.45) is 1.61. The van der Waals surface area contributed by atoms with E-state index in [4.69, 9.17) is 4.74 Å². The summed E-state index contributed by atoms with van der Waals surface area (Å²) in [5.74, 6) is -0.748. The number of benzene rings is 2. The zero-order valence-electron chi connectivity index (χ0n) is 16.1. The van der Waals surface area contributed by atoms with Crippen molar-refractivity contribution in [1.82, 2.24) is 21.2 Å². The van der Waals surface area contributed by atoms with E-state index in [0.29, 0.717) is 16.9 Å². The zero-order valence-corrected chi connectivity index (χ0v) is 16.1. The van der Waals surface area contributed by atoms with Crippen LogP contribution in [0.2, 0.25) is 0 Å². The topological polar surface area (TPSA) is 112 Å². The minimum absolute atomic E-state index is 0.0397. The molecule has 29 heavy (non-hydrogen) atoms. The Morgan fingerprint density at radius 2 is 1.69 bits per heavy atom. The lowest BCUT2D eigenvalue weighted by Gasteiger charge is -2.10. The molecule has 0 bridgehead atoms. The molecule has 3 aromatic rings. The van der Waals surface area contributed by atoms with Gasteiger partial charge in [-0.1, -0.05) is 18.2 Å². The van der Waals surface area contributed by atoms with Crippen LogP contribution < -0.4 is 20.9 Å². The molecule has 8 nitrogen and oxygen atoms in total. The van der Waals surface area contributed by atoms with Crippen LogP contribution in [0.15, 0.2) is 54.7 Å². The fourth-order valence-corrected chi connectivity index (χ4v) is 2.72. The van der Waals surface area contributed by atoms with Crippen LogP contribution in [0, 0.1) is 0 Å². The van der Waals surface area contributed by atoms with Gasteiger partial charge in [-0.2, -0.15) is 0 Å². The molecule has 0 aliphatic carbocycles. The number of aromatic amines is 1. The number of hydrogen-bond donors (Lipinski definition) is 4. The van der Waals surface area contributed by atoms with E-state index in [1.807, 2.05) is 32.0 Å². The van der Waals surface area contributed by atoms with Crippen molar-refractivity contribution in [2.75, 3.05) is 6.54 Å². The van der Waals surface area contributed by atoms with Gasteiger partial charge in [0.15, 0.2) is 0 Å². The Bertz CT molecular complexity index is 1020. The minimum Gasteiger partial charge on any atom is -0.491 e. The molecule has 2 aromatic carbocycles. The fourth-order valence-electron chi connectivity index (χ4n) is 2.72. The number of aromatic nitrogens is 1. The maximum absolute atomic E-state index is 12.2. The summed E-state index contributed by atoms with van der Waals surface area (Å²) in [4.78, 5) is 39.3. The average Bonchev–Trinajstić information content (AvgIpc) is 3.14. The highest BCUT2D eigenvalue weighted by molar-refractivity contribution is 6.07. The van der Waals surface area contributed by atoms with E-state index >= 15 is 0 Å². The van der Waals surface area contributed by atoms with E-state index < -0.39 is 17.7 Å². The third-order valence-electron chi connectivity index (χ3n) is 4.05. The van der Waals surface area contributed by atoms with Gasteiger partial charge < -0.3 is 15.0 Å². The van der Waals surface area contributed by atoms with Crippen LogP contribution in [-0.2, 0) is 4.79 Å². The standard InChI is InChI=1S/C21H22N4O4/c1-13(2)29-15-9-7-14(8-10-15)20(27)23-12-19(26)24-25-21(28)17-11-22-18-6-4-3-5-16(17)18/h3-11,13,22H,12H2,1-2H3,(H,23,27)(H,24,26)(H,25,28). The maximum atomic E-state index is 12.2. The second-order valence-corrected chi connectivity index (χ2v) is 6.62. The van der Waals surface area contributed by atoms with Gasteiger partial charge in [0.2, 0.25) is 0 Å². The Labute approximate surface area is 167 Å². The van der Waals surface area contributed by atoms with E-state index in [0.717, 1.165) is 10.9 Å². The highest BCUT2D eigenvalue weighted by atomic mass is 16.5. The number of hydrazine groups is 1. The van der Waals surface area contributed by atoms with E-state index in [1.54, 1.807) is 36.5 Å². The van der Waals surface area contributed by atoms with Crippen molar-refractivity contribution in [3.63, 3.8) is 0 Å². The molecule has 1 heterocycles. The van der Waals surface area contributed by atoms with Gasteiger partial charge in [0, 0.05) is 22.7 Å². The number of carbonyl (C=O) groups excluding carboxylic acids is 3. The Balaban J connectivity index is 1.47. The first-order valence-corrected chi connectivity index (χ1v) is 9.14. The zero-order chi connectivity index (χ0) is 20.8. The largest absolute Gasteiger partial charge is 0.491 e. The molecule has 0 atom stereocenters. The lowest BCUT2D eigenvalue weighted by atomic mass is 10.2. The normalized spacial score (nSPS) is 10.6. The van der Waals surface area contributed by atoms with Gasteiger partial charge in [-0.25, -0.2) is 0 Å². The molecule has 0 aliphatic rings. The quantitative estimate of drug-likeness (QED) is 0.480. The SMILES string of the molecule is CC(C)Oc1ccc(C(=O)NCC(=O)NNC(=O)c2c[nH]c3ccccc23)cc1. The van der Waals surface area contributed by atoms with Crippen LogP contribution in [0.3, 0.4) is 0 Å². The summed E-state index contributed by atoms with van der Waals surface area (Å²) in [5, 5.41) is 3.25. The van der Waals surface area contributed by atoms with Gasteiger partial charge in [0.1, 0.15) is 5.75 Å². The summed E-state index contributed by atoms with van der Waals surface area (Å²) in [5.41, 5.74) is 6.26. The van der Waals surface area contributed by atoms with Gasteiger partial charge >= 0.3 is 0 Å². The number of carbonyl (C=O) groups is 3. The number of nitrogens with one attached hydrogen (secondary N) is 4. The van der Waals surface area contributed by atoms with Crippen molar-refractivity contribution in [3.8, 4) is 5.75 Å². The summed E-state index contributed by atoms with van der Waals surface area (Å²) in [6, 6.07) is 13.9. The van der Waals surface area contributed by atoms with Crippen molar-refractivity contribution in [1.29, 1.82) is 0 Å². The summed E-state index contributed by atoms with van der Waals surface area (Å²) >= 11 is 0. The van der Waals surface area contributed by atoms with E-state index in [2.05, 4.69) is 21.2 Å². The Morgan fingerprint density at radius 1 is 0.966 bits per heavy atom. The molecular formula is C21H22N4O4. The second kappa shape index (κ2) is 8.92. The summed E-state index contributed by atoms with van der Waals surface area (Å²) < 4.78 is 5.52. The first-order valence-electron chi connectivity index (χ1n) is 9.14. The molecule has 0 radical (unpaired) electrons. The molecule has 1 aromatic heterocycles. The first-order chi connectivity index (χ1) is 13.9. The van der Waals surface area contributed by atoms with Crippen molar-refractivity contribution in [2.24, 2.45) is 0 Å². The fraction of sp³-hybridized carbons (Fsp3) is 0.190. The molecule has 8 heteroatoms. The second-order valence-electron chi connectivity index (χ2n) is 6.62. The van der Waals surface area contributed by atoms with Crippen LogP contribution in [0.1, 0.15) is 34.6 Å². The number of para-hydroxylation sites is 1. The third kappa shape index (κ3) is 5.13. The number of hydrogen-bond acceptors (Lipinski definition) is 4. The van der Waals surface area contributed by atoms with E-state index in [-0.39, 0.29) is 12.6 Å². The maximum Gasteiger partial charge on any atom is 0.271 e. The average molecular weight is 394 g/mol. The van der Waals surface area contributed by atoms with Crippen molar-refractivity contribution < 1.29 is 19.1 Å². The van der Waals surface area contributed by atoms with Crippen LogP contribution in [-0.4, -0.2) is 35.4 Å². The smallest absolute Gasteiger partial charge is 0.271 e. The van der Waals surface area contributed by atoms with Crippen LogP contribution >= 0.6 is 0 Å². The Morgan fingerprint density at radius 3 is 2.41 bits per heavy atom. The van der Waals surface area contributed by atoms with Crippen LogP contribution in [0.25, 0.3) is 10.9 Å². The highest BCUT2D eigenvalue weighted by Crippen LogP contribution is 2.17. The Kier molecular flexibility index (Phi) is 6.13. The number of rotatable bonds is 6. The molecule has 3 amide bonds. The molecule has 0 spiro atoms. The predicted octanol–water partition coefficient (Wildman–Crippen LogP) is 2.15. The van der Waals surface area contributed by atoms with Crippen molar-refractivity contribution >= 4 is 28.6 Å². The van der Waals surface area contributed by atoms with Gasteiger partial charge in [0.05, 0.1) is 18.2 Å². The molecule has 4 N–H and O–H groups in total. The molecule has 0 saturated heterocycles. The molecular weight excluding hydrogens is 372 g/mol. The van der Waals surface area contributed by atoms with Crippen LogP contribution in [0.5, 0.6) is 5.75 Å². The summed E-state index contributed by atoms with van der Waals surface area (Å²) in [7, 11) is 0. The number of H-pyrrole nitrogens is 1. The number of ether oxygens (including phenoxy) is 1. The first kappa shape index (κ1) is 19.9. The molecule has 3 rings (SSSR count). The van der Waals surface area contributed by atoms with E-state index in [9.17, 15) is 14.4 Å². The highest BCUT2D eigenvalue weighted by Gasteiger charge is 2.13. The van der Waals surface area contributed by atoms with Gasteiger partial charge in [-0.05, 0) is 44.2 Å². The van der Waals surface area contributed by atoms with Gasteiger partial charge in [0.25, 0.3) is 17.7 Å². The van der Waals surface area contributed by atoms with Crippen molar-refractivity contribution in [3.05, 3.63) is 65.9 Å². The lowest BCUT2D eigenvalue weighted by molar-refractivity contribution is -0.120. The number of amides is 3. The molecule has 0 aliphatic heterocycles. The molecule has 0 fully saturated rings. The van der Waals surface area contributed by atoms with Crippen molar-refractivity contribution in [2.45, 2.75) is 20.0 Å². The minimum atomic E-state index is -0.550. The van der Waals surface area contributed by atoms with Gasteiger partial charge in [-0.15, -0.1) is 0 Å². The summed E-state index contributed by atoms with van der Waals surface area (Å²) in [6.45, 7) is 3.55. The van der Waals surface area contributed by atoms with Gasteiger partial charge in [-0.3, -0.25) is 25.2 Å². The molecule has 150 valence electrons. The lowest BCUT2D eigenvalue weighted by Crippen LogP contribution is -2.46. The monoisotopic (exact) mass is 394 g/mol. The number of fused-ring (bicyclic) bond motifs is 1. The third-order valence-corrected chi connectivity index (χ3v) is 4.05. The molecule has 0 saturated carbocycles. The molecule has 0 unspecified atom stereocenters. The van der Waals surface area contributed by atoms with E-state index in [1.165, 1.54) is 0 Å². The Hall–Kier alpha value is -3.81.